The van der Waals surface area contributed by atoms with Gasteiger partial charge in [0.1, 0.15) is 14.7 Å². The molecule has 0 N–H and O–H groups in total. The van der Waals surface area contributed by atoms with E-state index in [0.717, 1.165) is 10.1 Å². The Kier molecular flexibility index (Phi) is 3.56. The van der Waals surface area contributed by atoms with Gasteiger partial charge in [-0.1, -0.05) is 11.6 Å². The molecule has 0 aliphatic rings. The first-order valence-electron chi connectivity index (χ1n) is 4.01. The molecule has 6 heteroatoms. The maximum atomic E-state index is 5.96. The van der Waals surface area contributed by atoms with Crippen LogP contribution in [0.15, 0.2) is 45.4 Å². The van der Waals surface area contributed by atoms with Gasteiger partial charge < -0.3 is 0 Å². The van der Waals surface area contributed by atoms with E-state index in [1.54, 1.807) is 30.7 Å². The number of halogens is 2. The molecule has 15 heavy (non-hydrogen) atoms. The minimum Gasteiger partial charge on any atom is -0.248 e. The average molecular weight is 303 g/mol. The van der Waals surface area contributed by atoms with E-state index in [-0.39, 0.29) is 0 Å². The van der Waals surface area contributed by atoms with Crippen molar-refractivity contribution in [1.82, 2.24) is 15.0 Å². The van der Waals surface area contributed by atoms with Gasteiger partial charge in [0.15, 0.2) is 0 Å². The molecule has 0 aliphatic carbocycles. The molecule has 0 fully saturated rings. The first kappa shape index (κ1) is 10.9. The summed E-state index contributed by atoms with van der Waals surface area (Å²) in [5.74, 6) is 0. The average Bonchev–Trinajstić information content (AvgIpc) is 2.25. The van der Waals surface area contributed by atoms with Crippen LogP contribution in [0.25, 0.3) is 0 Å². The number of rotatable bonds is 2. The highest BCUT2D eigenvalue weighted by molar-refractivity contribution is 9.10. The van der Waals surface area contributed by atoms with Gasteiger partial charge in [-0.05, 0) is 39.8 Å². The molecule has 0 atom stereocenters. The van der Waals surface area contributed by atoms with Gasteiger partial charge in [-0.3, -0.25) is 0 Å². The SMILES string of the molecule is Clc1cccnc1Sc1cnc(Br)cn1. The normalized spacial score (nSPS) is 10.3. The van der Waals surface area contributed by atoms with Gasteiger partial charge in [-0.25, -0.2) is 15.0 Å². The Morgan fingerprint density at radius 3 is 2.73 bits per heavy atom. The van der Waals surface area contributed by atoms with Crippen molar-refractivity contribution in [2.24, 2.45) is 0 Å². The Morgan fingerprint density at radius 2 is 2.07 bits per heavy atom. The van der Waals surface area contributed by atoms with Crippen LogP contribution < -0.4 is 0 Å². The molecule has 0 saturated heterocycles. The molecular formula is C9H5BrClN3S. The summed E-state index contributed by atoms with van der Waals surface area (Å²) < 4.78 is 0.707. The van der Waals surface area contributed by atoms with E-state index in [0.29, 0.717) is 9.63 Å². The van der Waals surface area contributed by atoms with Gasteiger partial charge in [0.2, 0.25) is 0 Å². The summed E-state index contributed by atoms with van der Waals surface area (Å²) in [5, 5.41) is 2.11. The van der Waals surface area contributed by atoms with E-state index in [9.17, 15) is 0 Å². The quantitative estimate of drug-likeness (QED) is 0.852. The van der Waals surface area contributed by atoms with Crippen molar-refractivity contribution < 1.29 is 0 Å². The standard InChI is InChI=1S/C9H5BrClN3S/c10-7-4-14-8(5-13-7)15-9-6(11)2-1-3-12-9/h1-5H. The summed E-state index contributed by atoms with van der Waals surface area (Å²) in [5.41, 5.74) is 0. The molecule has 3 nitrogen and oxygen atoms in total. The number of hydrogen-bond acceptors (Lipinski definition) is 4. The summed E-state index contributed by atoms with van der Waals surface area (Å²) in [7, 11) is 0. The minimum absolute atomic E-state index is 0.618. The Morgan fingerprint density at radius 1 is 1.20 bits per heavy atom. The van der Waals surface area contributed by atoms with Gasteiger partial charge in [0.05, 0.1) is 17.4 Å². The monoisotopic (exact) mass is 301 g/mol. The van der Waals surface area contributed by atoms with E-state index in [4.69, 9.17) is 11.6 Å². The second-order valence-electron chi connectivity index (χ2n) is 2.57. The predicted molar refractivity (Wildman–Crippen MR) is 63.1 cm³/mol. The fourth-order valence-corrected chi connectivity index (χ4v) is 2.03. The minimum atomic E-state index is 0.618. The Labute approximate surface area is 104 Å². The number of nitrogens with zero attached hydrogens (tertiary/aromatic N) is 3. The highest BCUT2D eigenvalue weighted by Gasteiger charge is 2.04. The third-order valence-corrected chi connectivity index (χ3v) is 3.29. The van der Waals surface area contributed by atoms with Gasteiger partial charge in [-0.15, -0.1) is 0 Å². The molecule has 0 amide bonds. The van der Waals surface area contributed by atoms with Gasteiger partial charge in [0.25, 0.3) is 0 Å². The molecule has 0 unspecified atom stereocenters. The fraction of sp³-hybridized carbons (Fsp3) is 0. The van der Waals surface area contributed by atoms with Crippen molar-refractivity contribution >= 4 is 39.3 Å². The third-order valence-electron chi connectivity index (χ3n) is 1.52. The lowest BCUT2D eigenvalue weighted by atomic mass is 10.5. The van der Waals surface area contributed by atoms with E-state index in [1.807, 2.05) is 0 Å². The van der Waals surface area contributed by atoms with Gasteiger partial charge >= 0.3 is 0 Å². The lowest BCUT2D eigenvalue weighted by molar-refractivity contribution is 1.02. The van der Waals surface area contributed by atoms with E-state index < -0.39 is 0 Å². The molecule has 0 aliphatic heterocycles. The Balaban J connectivity index is 2.22. The highest BCUT2D eigenvalue weighted by atomic mass is 79.9. The lowest BCUT2D eigenvalue weighted by Crippen LogP contribution is -1.85. The molecule has 0 spiro atoms. The zero-order valence-electron chi connectivity index (χ0n) is 7.39. The zero-order valence-corrected chi connectivity index (χ0v) is 10.6. The maximum Gasteiger partial charge on any atom is 0.124 e. The van der Waals surface area contributed by atoms with Crippen LogP contribution in [0.4, 0.5) is 0 Å². The largest absolute Gasteiger partial charge is 0.248 e. The van der Waals surface area contributed by atoms with Crippen molar-refractivity contribution in [1.29, 1.82) is 0 Å². The second-order valence-corrected chi connectivity index (χ2v) is 4.80. The molecule has 0 radical (unpaired) electrons. The van der Waals surface area contributed by atoms with Crippen molar-refractivity contribution in [3.8, 4) is 0 Å². The van der Waals surface area contributed by atoms with Crippen LogP contribution >= 0.6 is 39.3 Å². The van der Waals surface area contributed by atoms with Crippen molar-refractivity contribution in [3.63, 3.8) is 0 Å². The highest BCUT2D eigenvalue weighted by Crippen LogP contribution is 2.29. The summed E-state index contributed by atoms with van der Waals surface area (Å²) in [6.07, 6.45) is 5.00. The fourth-order valence-electron chi connectivity index (χ4n) is 0.898. The van der Waals surface area contributed by atoms with Crippen LogP contribution in [0.3, 0.4) is 0 Å². The molecular weight excluding hydrogens is 298 g/mol. The van der Waals surface area contributed by atoms with Crippen molar-refractivity contribution in [2.45, 2.75) is 10.1 Å². The molecule has 76 valence electrons. The predicted octanol–water partition coefficient (Wildman–Crippen LogP) is 3.44. The third kappa shape index (κ3) is 2.90. The molecule has 2 aromatic heterocycles. The molecule has 2 aromatic rings. The van der Waals surface area contributed by atoms with E-state index >= 15 is 0 Å². The lowest BCUT2D eigenvalue weighted by Gasteiger charge is -2.00. The van der Waals surface area contributed by atoms with Crippen LogP contribution in [0, 0.1) is 0 Å². The molecule has 0 bridgehead atoms. The van der Waals surface area contributed by atoms with Gasteiger partial charge in [-0.2, -0.15) is 0 Å². The van der Waals surface area contributed by atoms with Crippen LogP contribution in [0.1, 0.15) is 0 Å². The number of pyridine rings is 1. The number of aromatic nitrogens is 3. The smallest absolute Gasteiger partial charge is 0.124 e. The molecule has 2 rings (SSSR count). The van der Waals surface area contributed by atoms with Crippen LogP contribution in [0.5, 0.6) is 0 Å². The summed E-state index contributed by atoms with van der Waals surface area (Å²) in [4.78, 5) is 12.4. The van der Waals surface area contributed by atoms with Crippen LogP contribution in [-0.4, -0.2) is 15.0 Å². The molecule has 2 heterocycles. The Hall–Kier alpha value is -0.650. The van der Waals surface area contributed by atoms with E-state index in [1.165, 1.54) is 11.8 Å². The van der Waals surface area contributed by atoms with Crippen molar-refractivity contribution in [2.75, 3.05) is 0 Å². The first-order valence-corrected chi connectivity index (χ1v) is 6.00. The molecule has 0 aromatic carbocycles. The topological polar surface area (TPSA) is 38.7 Å². The van der Waals surface area contributed by atoms with Crippen LogP contribution in [-0.2, 0) is 0 Å². The first-order chi connectivity index (χ1) is 7.25. The molecule has 0 saturated carbocycles. The summed E-state index contributed by atoms with van der Waals surface area (Å²) in [6.45, 7) is 0. The Bertz CT molecular complexity index is 463. The summed E-state index contributed by atoms with van der Waals surface area (Å²) >= 11 is 10.6. The zero-order chi connectivity index (χ0) is 10.7. The number of hydrogen-bond donors (Lipinski definition) is 0. The van der Waals surface area contributed by atoms with Gasteiger partial charge in [0, 0.05) is 6.20 Å². The maximum absolute atomic E-state index is 5.96. The second kappa shape index (κ2) is 4.92. The van der Waals surface area contributed by atoms with Crippen LogP contribution in [0.2, 0.25) is 5.02 Å². The summed E-state index contributed by atoms with van der Waals surface area (Å²) in [6, 6.07) is 3.59. The van der Waals surface area contributed by atoms with E-state index in [2.05, 4.69) is 30.9 Å². The van der Waals surface area contributed by atoms with Crippen molar-refractivity contribution in [3.05, 3.63) is 40.3 Å².